The van der Waals surface area contributed by atoms with Crippen LogP contribution in [0.15, 0.2) is 11.4 Å². The summed E-state index contributed by atoms with van der Waals surface area (Å²) in [7, 11) is 2.05. The van der Waals surface area contributed by atoms with Gasteiger partial charge in [-0.25, -0.2) is 4.98 Å². The first-order valence-electron chi connectivity index (χ1n) is 4.51. The highest BCUT2D eigenvalue weighted by atomic mass is 32.2. The SMILES string of the molecule is Cc1cn(C)c(SCC(C)(C)C)n1. The molecule has 0 radical (unpaired) electrons. The van der Waals surface area contributed by atoms with E-state index in [4.69, 9.17) is 0 Å². The Morgan fingerprint density at radius 3 is 2.46 bits per heavy atom. The Morgan fingerprint density at radius 1 is 1.46 bits per heavy atom. The van der Waals surface area contributed by atoms with E-state index >= 15 is 0 Å². The number of hydrogen-bond acceptors (Lipinski definition) is 2. The van der Waals surface area contributed by atoms with Crippen molar-refractivity contribution in [3.8, 4) is 0 Å². The Labute approximate surface area is 84.7 Å². The largest absolute Gasteiger partial charge is 0.329 e. The minimum absolute atomic E-state index is 0.366. The van der Waals surface area contributed by atoms with Crippen LogP contribution in [0.25, 0.3) is 0 Å². The second-order valence-corrected chi connectivity index (χ2v) is 5.57. The molecule has 0 aromatic carbocycles. The molecule has 0 fully saturated rings. The second kappa shape index (κ2) is 3.74. The third kappa shape index (κ3) is 3.43. The van der Waals surface area contributed by atoms with Gasteiger partial charge in [-0.2, -0.15) is 0 Å². The quantitative estimate of drug-likeness (QED) is 0.680. The first-order chi connectivity index (χ1) is 5.88. The zero-order valence-electron chi connectivity index (χ0n) is 9.09. The number of hydrogen-bond donors (Lipinski definition) is 0. The van der Waals surface area contributed by atoms with Gasteiger partial charge in [0.15, 0.2) is 5.16 Å². The summed E-state index contributed by atoms with van der Waals surface area (Å²) in [6.45, 7) is 8.77. The molecule has 0 amide bonds. The normalized spacial score (nSPS) is 12.1. The number of aromatic nitrogens is 2. The minimum Gasteiger partial charge on any atom is -0.329 e. The second-order valence-electron chi connectivity index (χ2n) is 4.63. The third-order valence-electron chi connectivity index (χ3n) is 1.59. The monoisotopic (exact) mass is 198 g/mol. The first-order valence-corrected chi connectivity index (χ1v) is 5.50. The van der Waals surface area contributed by atoms with Crippen molar-refractivity contribution in [1.82, 2.24) is 9.55 Å². The molecule has 0 bridgehead atoms. The van der Waals surface area contributed by atoms with Crippen LogP contribution < -0.4 is 0 Å². The van der Waals surface area contributed by atoms with Crippen molar-refractivity contribution in [2.24, 2.45) is 12.5 Å². The molecule has 0 saturated heterocycles. The van der Waals surface area contributed by atoms with E-state index in [2.05, 4.69) is 36.5 Å². The van der Waals surface area contributed by atoms with Gasteiger partial charge >= 0.3 is 0 Å². The van der Waals surface area contributed by atoms with Gasteiger partial charge in [-0.3, -0.25) is 0 Å². The Morgan fingerprint density at radius 2 is 2.08 bits per heavy atom. The van der Waals surface area contributed by atoms with Gasteiger partial charge in [0.05, 0.1) is 5.69 Å². The molecule has 0 N–H and O–H groups in total. The lowest BCUT2D eigenvalue weighted by molar-refractivity contribution is 0.480. The fourth-order valence-electron chi connectivity index (χ4n) is 1.01. The third-order valence-corrected chi connectivity index (χ3v) is 3.24. The van der Waals surface area contributed by atoms with Gasteiger partial charge in [-0.15, -0.1) is 0 Å². The van der Waals surface area contributed by atoms with Crippen LogP contribution in [-0.2, 0) is 7.05 Å². The Hall–Kier alpha value is -0.440. The Bertz CT molecular complexity index is 284. The number of nitrogens with zero attached hydrogens (tertiary/aromatic N) is 2. The van der Waals surface area contributed by atoms with Crippen LogP contribution in [0.1, 0.15) is 26.5 Å². The lowest BCUT2D eigenvalue weighted by Crippen LogP contribution is -2.08. The summed E-state index contributed by atoms with van der Waals surface area (Å²) in [4.78, 5) is 4.44. The summed E-state index contributed by atoms with van der Waals surface area (Å²) in [6, 6.07) is 0. The minimum atomic E-state index is 0.366. The molecule has 0 aliphatic rings. The molecule has 0 unspecified atom stereocenters. The molecule has 3 heteroatoms. The predicted molar refractivity (Wildman–Crippen MR) is 58.1 cm³/mol. The fraction of sp³-hybridized carbons (Fsp3) is 0.700. The molecule has 0 aliphatic carbocycles. The number of aryl methyl sites for hydroxylation is 2. The van der Waals surface area contributed by atoms with Gasteiger partial charge in [0.1, 0.15) is 0 Å². The van der Waals surface area contributed by atoms with Crippen molar-refractivity contribution < 1.29 is 0 Å². The zero-order chi connectivity index (χ0) is 10.1. The maximum Gasteiger partial charge on any atom is 0.167 e. The Kier molecular flexibility index (Phi) is 3.06. The van der Waals surface area contributed by atoms with Gasteiger partial charge in [0, 0.05) is 19.0 Å². The van der Waals surface area contributed by atoms with Gasteiger partial charge in [-0.1, -0.05) is 32.5 Å². The highest BCUT2D eigenvalue weighted by Crippen LogP contribution is 2.25. The summed E-state index contributed by atoms with van der Waals surface area (Å²) < 4.78 is 2.09. The highest BCUT2D eigenvalue weighted by molar-refractivity contribution is 7.99. The molecule has 0 saturated carbocycles. The predicted octanol–water partition coefficient (Wildman–Crippen LogP) is 2.87. The Balaban J connectivity index is 2.59. The average molecular weight is 198 g/mol. The summed E-state index contributed by atoms with van der Waals surface area (Å²) >= 11 is 1.83. The van der Waals surface area contributed by atoms with Gasteiger partial charge < -0.3 is 4.57 Å². The number of rotatable bonds is 2. The zero-order valence-corrected chi connectivity index (χ0v) is 9.90. The number of imidazole rings is 1. The van der Waals surface area contributed by atoms with Crippen LogP contribution in [-0.4, -0.2) is 15.3 Å². The average Bonchev–Trinajstić information content (AvgIpc) is 2.24. The van der Waals surface area contributed by atoms with Crippen molar-refractivity contribution in [2.75, 3.05) is 5.75 Å². The molecule has 1 aromatic rings. The lowest BCUT2D eigenvalue weighted by atomic mass is 10.0. The van der Waals surface area contributed by atoms with Crippen LogP contribution in [0, 0.1) is 12.3 Å². The molecule has 1 aromatic heterocycles. The van der Waals surface area contributed by atoms with E-state index in [1.165, 1.54) is 0 Å². The van der Waals surface area contributed by atoms with Crippen molar-refractivity contribution in [3.63, 3.8) is 0 Å². The smallest absolute Gasteiger partial charge is 0.167 e. The topological polar surface area (TPSA) is 17.8 Å². The maximum absolute atomic E-state index is 4.44. The van der Waals surface area contributed by atoms with E-state index in [1.807, 2.05) is 25.7 Å². The summed E-state index contributed by atoms with van der Waals surface area (Å²) in [5, 5.41) is 1.12. The van der Waals surface area contributed by atoms with Gasteiger partial charge in [0.2, 0.25) is 0 Å². The van der Waals surface area contributed by atoms with Gasteiger partial charge in [-0.05, 0) is 12.3 Å². The lowest BCUT2D eigenvalue weighted by Gasteiger charge is -2.16. The molecular formula is C10H18N2S. The van der Waals surface area contributed by atoms with Crippen molar-refractivity contribution in [2.45, 2.75) is 32.9 Å². The van der Waals surface area contributed by atoms with Crippen LogP contribution in [0.2, 0.25) is 0 Å². The number of thioether (sulfide) groups is 1. The van der Waals surface area contributed by atoms with Crippen LogP contribution >= 0.6 is 11.8 Å². The highest BCUT2D eigenvalue weighted by Gasteiger charge is 2.12. The molecule has 0 aliphatic heterocycles. The molecule has 74 valence electrons. The van der Waals surface area contributed by atoms with E-state index in [0.717, 1.165) is 16.6 Å². The molecule has 2 nitrogen and oxygen atoms in total. The van der Waals surface area contributed by atoms with Crippen LogP contribution in [0.4, 0.5) is 0 Å². The summed E-state index contributed by atoms with van der Waals surface area (Å²) in [5.41, 5.74) is 1.46. The van der Waals surface area contributed by atoms with Crippen molar-refractivity contribution in [3.05, 3.63) is 11.9 Å². The van der Waals surface area contributed by atoms with E-state index in [9.17, 15) is 0 Å². The van der Waals surface area contributed by atoms with Crippen molar-refractivity contribution in [1.29, 1.82) is 0 Å². The summed E-state index contributed by atoms with van der Waals surface area (Å²) in [6.07, 6.45) is 2.06. The van der Waals surface area contributed by atoms with E-state index in [-0.39, 0.29) is 0 Å². The first kappa shape index (κ1) is 10.6. The van der Waals surface area contributed by atoms with Gasteiger partial charge in [0.25, 0.3) is 0 Å². The standard InChI is InChI=1S/C10H18N2S/c1-8-6-12(5)9(11-8)13-7-10(2,3)4/h6H,7H2,1-5H3. The van der Waals surface area contributed by atoms with E-state index < -0.39 is 0 Å². The van der Waals surface area contributed by atoms with E-state index in [0.29, 0.717) is 5.41 Å². The fourth-order valence-corrected chi connectivity index (χ4v) is 2.04. The van der Waals surface area contributed by atoms with E-state index in [1.54, 1.807) is 0 Å². The molecular weight excluding hydrogens is 180 g/mol. The van der Waals surface area contributed by atoms with Crippen molar-refractivity contribution >= 4 is 11.8 Å². The van der Waals surface area contributed by atoms with Crippen LogP contribution in [0.3, 0.4) is 0 Å². The molecule has 0 atom stereocenters. The maximum atomic E-state index is 4.44. The van der Waals surface area contributed by atoms with Crippen LogP contribution in [0.5, 0.6) is 0 Å². The molecule has 13 heavy (non-hydrogen) atoms. The molecule has 1 heterocycles. The molecule has 0 spiro atoms. The molecule has 1 rings (SSSR count). The summed E-state index contributed by atoms with van der Waals surface area (Å²) in [5.74, 6) is 1.11.